The molecule has 116 valence electrons. The Hall–Kier alpha value is -1.66. The molecule has 1 aliphatic rings. The molecule has 2 unspecified atom stereocenters. The highest BCUT2D eigenvalue weighted by Gasteiger charge is 2.25. The molecule has 1 heterocycles. The molecule has 0 amide bonds. The van der Waals surface area contributed by atoms with Crippen LogP contribution in [0.25, 0.3) is 0 Å². The van der Waals surface area contributed by atoms with Crippen molar-refractivity contribution in [2.75, 3.05) is 19.7 Å². The standard InChI is InChI=1S/C15H22N2O4/c1-12(18)10-13-5-3-7-16(13)8-9-21-15-6-2-4-14(11-15)17(19)20/h2,4,6,11-13,18H,3,5,7-10H2,1H3. The Labute approximate surface area is 124 Å². The molecule has 1 saturated heterocycles. The first-order valence-electron chi connectivity index (χ1n) is 7.35. The molecule has 6 nitrogen and oxygen atoms in total. The Bertz CT molecular complexity index is 478. The number of hydrogen-bond donors (Lipinski definition) is 1. The largest absolute Gasteiger partial charge is 0.492 e. The van der Waals surface area contributed by atoms with E-state index >= 15 is 0 Å². The molecule has 0 bridgehead atoms. The van der Waals surface area contributed by atoms with E-state index in [1.807, 2.05) is 6.92 Å². The molecule has 0 radical (unpaired) electrons. The molecular weight excluding hydrogens is 272 g/mol. The van der Waals surface area contributed by atoms with Gasteiger partial charge in [0.05, 0.1) is 17.1 Å². The minimum Gasteiger partial charge on any atom is -0.492 e. The predicted octanol–water partition coefficient (Wildman–Crippen LogP) is 2.21. The predicted molar refractivity (Wildman–Crippen MR) is 79.5 cm³/mol. The maximum Gasteiger partial charge on any atom is 0.273 e. The van der Waals surface area contributed by atoms with E-state index in [0.717, 1.165) is 32.4 Å². The normalized spacial score (nSPS) is 20.4. The summed E-state index contributed by atoms with van der Waals surface area (Å²) in [6.07, 6.45) is 2.76. The van der Waals surface area contributed by atoms with Crippen molar-refractivity contribution >= 4 is 5.69 Å². The van der Waals surface area contributed by atoms with Gasteiger partial charge in [0.2, 0.25) is 0 Å². The number of aliphatic hydroxyl groups excluding tert-OH is 1. The lowest BCUT2D eigenvalue weighted by molar-refractivity contribution is -0.384. The van der Waals surface area contributed by atoms with E-state index in [9.17, 15) is 15.2 Å². The van der Waals surface area contributed by atoms with Crippen LogP contribution in [0.2, 0.25) is 0 Å². The molecule has 21 heavy (non-hydrogen) atoms. The Morgan fingerprint density at radius 1 is 1.57 bits per heavy atom. The fourth-order valence-electron chi connectivity index (χ4n) is 2.82. The summed E-state index contributed by atoms with van der Waals surface area (Å²) in [6.45, 7) is 4.11. The molecule has 6 heteroatoms. The first-order valence-corrected chi connectivity index (χ1v) is 7.35. The van der Waals surface area contributed by atoms with Crippen LogP contribution in [0.5, 0.6) is 5.75 Å². The van der Waals surface area contributed by atoms with Crippen LogP contribution in [-0.2, 0) is 0 Å². The average Bonchev–Trinajstić information content (AvgIpc) is 2.86. The number of nitrogens with zero attached hydrogens (tertiary/aromatic N) is 2. The SMILES string of the molecule is CC(O)CC1CCCN1CCOc1cccc([N+](=O)[O-])c1. The van der Waals surface area contributed by atoms with E-state index in [1.54, 1.807) is 12.1 Å². The van der Waals surface area contributed by atoms with Crippen molar-refractivity contribution in [1.29, 1.82) is 0 Å². The van der Waals surface area contributed by atoms with Crippen molar-refractivity contribution in [2.45, 2.75) is 38.3 Å². The first-order chi connectivity index (χ1) is 10.1. The smallest absolute Gasteiger partial charge is 0.273 e. The number of nitro groups is 1. The molecule has 1 aliphatic heterocycles. The van der Waals surface area contributed by atoms with Gasteiger partial charge in [-0.25, -0.2) is 0 Å². The van der Waals surface area contributed by atoms with E-state index < -0.39 is 4.92 Å². The van der Waals surface area contributed by atoms with E-state index in [1.165, 1.54) is 12.1 Å². The maximum atomic E-state index is 10.7. The number of likely N-dealkylation sites (tertiary alicyclic amines) is 1. The molecule has 0 saturated carbocycles. The van der Waals surface area contributed by atoms with Gasteiger partial charge in [-0.15, -0.1) is 0 Å². The fourth-order valence-corrected chi connectivity index (χ4v) is 2.82. The van der Waals surface area contributed by atoms with Crippen LogP contribution >= 0.6 is 0 Å². The van der Waals surface area contributed by atoms with Gasteiger partial charge in [0.1, 0.15) is 12.4 Å². The highest BCUT2D eigenvalue weighted by atomic mass is 16.6. The third kappa shape index (κ3) is 4.68. The van der Waals surface area contributed by atoms with Crippen LogP contribution in [0.4, 0.5) is 5.69 Å². The lowest BCUT2D eigenvalue weighted by Crippen LogP contribution is -2.35. The van der Waals surface area contributed by atoms with Gasteiger partial charge in [0.25, 0.3) is 5.69 Å². The third-order valence-corrected chi connectivity index (χ3v) is 3.79. The van der Waals surface area contributed by atoms with Gasteiger partial charge < -0.3 is 9.84 Å². The van der Waals surface area contributed by atoms with E-state index in [4.69, 9.17) is 4.74 Å². The van der Waals surface area contributed by atoms with Crippen LogP contribution in [-0.4, -0.2) is 46.8 Å². The van der Waals surface area contributed by atoms with Crippen molar-refractivity contribution in [3.8, 4) is 5.75 Å². The molecule has 2 rings (SSSR count). The third-order valence-electron chi connectivity index (χ3n) is 3.79. The van der Waals surface area contributed by atoms with Crippen molar-refractivity contribution in [3.05, 3.63) is 34.4 Å². The zero-order valence-electron chi connectivity index (χ0n) is 12.3. The number of aliphatic hydroxyl groups is 1. The molecule has 0 aliphatic carbocycles. The summed E-state index contributed by atoms with van der Waals surface area (Å²) in [4.78, 5) is 12.6. The van der Waals surface area contributed by atoms with Crippen molar-refractivity contribution in [1.82, 2.24) is 4.90 Å². The summed E-state index contributed by atoms with van der Waals surface area (Å²) in [6, 6.07) is 6.66. The number of non-ortho nitro benzene ring substituents is 1. The molecule has 0 aromatic heterocycles. The van der Waals surface area contributed by atoms with Gasteiger partial charge in [-0.2, -0.15) is 0 Å². The van der Waals surface area contributed by atoms with Crippen LogP contribution < -0.4 is 4.74 Å². The lowest BCUT2D eigenvalue weighted by Gasteiger charge is -2.25. The number of hydrogen-bond acceptors (Lipinski definition) is 5. The van der Waals surface area contributed by atoms with Crippen LogP contribution in [0.3, 0.4) is 0 Å². The second-order valence-electron chi connectivity index (χ2n) is 5.52. The van der Waals surface area contributed by atoms with Crippen LogP contribution in [0, 0.1) is 10.1 Å². The molecule has 2 atom stereocenters. The Kier molecular flexibility index (Phi) is 5.52. The Morgan fingerprint density at radius 2 is 2.38 bits per heavy atom. The van der Waals surface area contributed by atoms with E-state index in [2.05, 4.69) is 4.90 Å². The van der Waals surface area contributed by atoms with Gasteiger partial charge in [0, 0.05) is 18.7 Å². The number of ether oxygens (including phenoxy) is 1. The van der Waals surface area contributed by atoms with Crippen molar-refractivity contribution in [2.24, 2.45) is 0 Å². The van der Waals surface area contributed by atoms with Gasteiger partial charge in [0.15, 0.2) is 0 Å². The van der Waals surface area contributed by atoms with Crippen molar-refractivity contribution < 1.29 is 14.8 Å². The zero-order chi connectivity index (χ0) is 15.2. The Morgan fingerprint density at radius 3 is 3.10 bits per heavy atom. The van der Waals surface area contributed by atoms with Crippen LogP contribution in [0.1, 0.15) is 26.2 Å². The summed E-state index contributed by atoms with van der Waals surface area (Å²) >= 11 is 0. The second-order valence-corrected chi connectivity index (χ2v) is 5.52. The second kappa shape index (κ2) is 7.38. The molecule has 1 N–H and O–H groups in total. The molecule has 0 spiro atoms. The quantitative estimate of drug-likeness (QED) is 0.616. The van der Waals surface area contributed by atoms with Gasteiger partial charge in [-0.3, -0.25) is 15.0 Å². The molecule has 1 aromatic carbocycles. The Balaban J connectivity index is 1.81. The summed E-state index contributed by atoms with van der Waals surface area (Å²) < 4.78 is 5.60. The fraction of sp³-hybridized carbons (Fsp3) is 0.600. The van der Waals surface area contributed by atoms with E-state index in [-0.39, 0.29) is 11.8 Å². The monoisotopic (exact) mass is 294 g/mol. The highest BCUT2D eigenvalue weighted by molar-refractivity contribution is 5.37. The topological polar surface area (TPSA) is 75.8 Å². The minimum atomic E-state index is -0.425. The molecular formula is C15H22N2O4. The number of nitro benzene ring substituents is 1. The van der Waals surface area contributed by atoms with Gasteiger partial charge in [-0.1, -0.05) is 6.07 Å². The number of rotatable bonds is 7. The summed E-state index contributed by atoms with van der Waals surface area (Å²) in [5.74, 6) is 0.524. The summed E-state index contributed by atoms with van der Waals surface area (Å²) in [5.41, 5.74) is 0.0423. The average molecular weight is 294 g/mol. The molecule has 1 aromatic rings. The minimum absolute atomic E-state index is 0.0423. The summed E-state index contributed by atoms with van der Waals surface area (Å²) in [5, 5.41) is 20.2. The lowest BCUT2D eigenvalue weighted by atomic mass is 10.1. The zero-order valence-corrected chi connectivity index (χ0v) is 12.3. The van der Waals surface area contributed by atoms with E-state index in [0.29, 0.717) is 18.4 Å². The van der Waals surface area contributed by atoms with Gasteiger partial charge in [-0.05, 0) is 38.8 Å². The van der Waals surface area contributed by atoms with Crippen LogP contribution in [0.15, 0.2) is 24.3 Å². The van der Waals surface area contributed by atoms with Gasteiger partial charge >= 0.3 is 0 Å². The maximum absolute atomic E-state index is 10.7. The highest BCUT2D eigenvalue weighted by Crippen LogP contribution is 2.22. The first kappa shape index (κ1) is 15.7. The molecule has 1 fully saturated rings. The summed E-state index contributed by atoms with van der Waals surface area (Å²) in [7, 11) is 0. The number of benzene rings is 1. The van der Waals surface area contributed by atoms with Crippen molar-refractivity contribution in [3.63, 3.8) is 0 Å².